The zero-order chi connectivity index (χ0) is 10.1. The minimum absolute atomic E-state index is 0.121. The van der Waals surface area contributed by atoms with E-state index in [0.29, 0.717) is 6.47 Å². The maximum atomic E-state index is 8.95. The van der Waals surface area contributed by atoms with E-state index in [1.165, 1.54) is 7.11 Å². The van der Waals surface area contributed by atoms with Crippen molar-refractivity contribution in [1.82, 2.24) is 0 Å². The summed E-state index contributed by atoms with van der Waals surface area (Å²) >= 11 is 0. The lowest BCUT2D eigenvalue weighted by Crippen LogP contribution is -2.10. The third-order valence-electron chi connectivity index (χ3n) is 1.18. The van der Waals surface area contributed by atoms with Gasteiger partial charge in [-0.25, -0.2) is 0 Å². The SMILES string of the molecule is COC=O.N=C(N)c1ccccc1. The van der Waals surface area contributed by atoms with Gasteiger partial charge in [-0.2, -0.15) is 0 Å². The van der Waals surface area contributed by atoms with Gasteiger partial charge in [0.2, 0.25) is 0 Å². The third-order valence-corrected chi connectivity index (χ3v) is 1.18. The van der Waals surface area contributed by atoms with Crippen LogP contribution in [0.2, 0.25) is 0 Å². The monoisotopic (exact) mass is 180 g/mol. The van der Waals surface area contributed by atoms with Crippen LogP contribution in [0.5, 0.6) is 0 Å². The normalized spacial score (nSPS) is 7.77. The molecule has 13 heavy (non-hydrogen) atoms. The Morgan fingerprint density at radius 2 is 1.92 bits per heavy atom. The van der Waals surface area contributed by atoms with E-state index in [2.05, 4.69) is 4.74 Å². The van der Waals surface area contributed by atoms with E-state index < -0.39 is 0 Å². The zero-order valence-electron chi connectivity index (χ0n) is 7.36. The fourth-order valence-electron chi connectivity index (χ4n) is 0.618. The van der Waals surface area contributed by atoms with Crippen molar-refractivity contribution in [2.24, 2.45) is 5.73 Å². The van der Waals surface area contributed by atoms with Gasteiger partial charge in [0.05, 0.1) is 7.11 Å². The Hall–Kier alpha value is -1.84. The quantitative estimate of drug-likeness (QED) is 0.400. The topological polar surface area (TPSA) is 76.2 Å². The second-order valence-corrected chi connectivity index (χ2v) is 2.11. The molecule has 0 heterocycles. The number of nitrogens with one attached hydrogen (secondary N) is 1. The Kier molecular flexibility index (Phi) is 5.88. The van der Waals surface area contributed by atoms with E-state index in [0.717, 1.165) is 5.56 Å². The number of carbonyl (C=O) groups excluding carboxylic acids is 1. The molecule has 0 aliphatic carbocycles. The van der Waals surface area contributed by atoms with Gasteiger partial charge in [0.25, 0.3) is 6.47 Å². The van der Waals surface area contributed by atoms with Crippen LogP contribution in [0.25, 0.3) is 0 Å². The Morgan fingerprint density at radius 1 is 1.46 bits per heavy atom. The van der Waals surface area contributed by atoms with E-state index in [1.807, 2.05) is 30.3 Å². The first-order valence-electron chi connectivity index (χ1n) is 3.58. The molecule has 0 unspecified atom stereocenters. The molecule has 1 aromatic rings. The van der Waals surface area contributed by atoms with E-state index >= 15 is 0 Å². The Morgan fingerprint density at radius 3 is 2.15 bits per heavy atom. The number of hydrogen-bond donors (Lipinski definition) is 2. The molecule has 0 saturated carbocycles. The molecular weight excluding hydrogens is 168 g/mol. The first kappa shape index (κ1) is 11.2. The predicted octanol–water partition coefficient (Wildman–Crippen LogP) is 0.760. The maximum Gasteiger partial charge on any atom is 0.292 e. The number of nitrogen functional groups attached to an aromatic ring is 1. The minimum Gasteiger partial charge on any atom is -0.471 e. The van der Waals surface area contributed by atoms with Crippen molar-refractivity contribution in [2.75, 3.05) is 7.11 Å². The Balaban J connectivity index is 0.000000310. The summed E-state index contributed by atoms with van der Waals surface area (Å²) in [5, 5.41) is 7.01. The highest BCUT2D eigenvalue weighted by Crippen LogP contribution is 1.94. The van der Waals surface area contributed by atoms with E-state index in [4.69, 9.17) is 15.9 Å². The predicted molar refractivity (Wildman–Crippen MR) is 50.5 cm³/mol. The van der Waals surface area contributed by atoms with Gasteiger partial charge in [-0.1, -0.05) is 30.3 Å². The molecular formula is C9H12N2O2. The molecule has 0 spiro atoms. The number of rotatable bonds is 2. The summed E-state index contributed by atoms with van der Waals surface area (Å²) < 4.78 is 3.86. The van der Waals surface area contributed by atoms with Crippen molar-refractivity contribution in [2.45, 2.75) is 0 Å². The summed E-state index contributed by atoms with van der Waals surface area (Å²) in [6, 6.07) is 9.23. The van der Waals surface area contributed by atoms with Gasteiger partial charge in [0.15, 0.2) is 0 Å². The van der Waals surface area contributed by atoms with Crippen LogP contribution >= 0.6 is 0 Å². The molecule has 0 bridgehead atoms. The summed E-state index contributed by atoms with van der Waals surface area (Å²) in [5.41, 5.74) is 5.97. The van der Waals surface area contributed by atoms with Gasteiger partial charge in [-0.3, -0.25) is 10.2 Å². The van der Waals surface area contributed by atoms with Crippen molar-refractivity contribution in [3.63, 3.8) is 0 Å². The van der Waals surface area contributed by atoms with Crippen LogP contribution in [0, 0.1) is 5.41 Å². The van der Waals surface area contributed by atoms with Crippen molar-refractivity contribution < 1.29 is 9.53 Å². The summed E-state index contributed by atoms with van der Waals surface area (Å²) in [4.78, 5) is 8.95. The molecule has 0 aromatic heterocycles. The van der Waals surface area contributed by atoms with Crippen molar-refractivity contribution in [1.29, 1.82) is 5.41 Å². The first-order chi connectivity index (χ1) is 6.22. The van der Waals surface area contributed by atoms with Crippen LogP contribution < -0.4 is 5.73 Å². The highest BCUT2D eigenvalue weighted by atomic mass is 16.5. The van der Waals surface area contributed by atoms with E-state index in [1.54, 1.807) is 0 Å². The third kappa shape index (κ3) is 5.43. The molecule has 0 aliphatic rings. The summed E-state index contributed by atoms with van der Waals surface area (Å²) in [6.07, 6.45) is 0. The van der Waals surface area contributed by atoms with E-state index in [-0.39, 0.29) is 5.84 Å². The first-order valence-corrected chi connectivity index (χ1v) is 3.58. The summed E-state index contributed by atoms with van der Waals surface area (Å²) in [7, 11) is 1.31. The van der Waals surface area contributed by atoms with Crippen LogP contribution in [0.15, 0.2) is 30.3 Å². The number of methoxy groups -OCH3 is 1. The van der Waals surface area contributed by atoms with Crippen LogP contribution in [-0.4, -0.2) is 19.4 Å². The zero-order valence-corrected chi connectivity index (χ0v) is 7.36. The average Bonchev–Trinajstić information content (AvgIpc) is 2.19. The molecule has 4 nitrogen and oxygen atoms in total. The van der Waals surface area contributed by atoms with Crippen LogP contribution in [0.4, 0.5) is 0 Å². The number of carbonyl (C=O) groups is 1. The van der Waals surface area contributed by atoms with Crippen molar-refractivity contribution in [3.8, 4) is 0 Å². The van der Waals surface area contributed by atoms with Gasteiger partial charge < -0.3 is 10.5 Å². The van der Waals surface area contributed by atoms with Crippen molar-refractivity contribution in [3.05, 3.63) is 35.9 Å². The lowest BCUT2D eigenvalue weighted by molar-refractivity contribution is -0.126. The maximum absolute atomic E-state index is 8.95. The average molecular weight is 180 g/mol. The number of ether oxygens (including phenoxy) is 1. The molecule has 0 aliphatic heterocycles. The van der Waals surface area contributed by atoms with Gasteiger partial charge in [-0.05, 0) is 0 Å². The van der Waals surface area contributed by atoms with Gasteiger partial charge >= 0.3 is 0 Å². The van der Waals surface area contributed by atoms with Crippen LogP contribution in [-0.2, 0) is 9.53 Å². The molecule has 0 atom stereocenters. The van der Waals surface area contributed by atoms with Gasteiger partial charge in [-0.15, -0.1) is 0 Å². The molecule has 4 heteroatoms. The largest absolute Gasteiger partial charge is 0.471 e. The molecule has 0 saturated heterocycles. The fraction of sp³-hybridized carbons (Fsp3) is 0.111. The lowest BCUT2D eigenvalue weighted by Gasteiger charge is -1.93. The summed E-state index contributed by atoms with van der Waals surface area (Å²) in [6.45, 7) is 0.375. The molecule has 0 amide bonds. The molecule has 0 fully saturated rings. The number of hydrogen-bond acceptors (Lipinski definition) is 3. The van der Waals surface area contributed by atoms with Gasteiger partial charge in [0.1, 0.15) is 5.84 Å². The van der Waals surface area contributed by atoms with Crippen molar-refractivity contribution >= 4 is 12.3 Å². The summed E-state index contributed by atoms with van der Waals surface area (Å²) in [5.74, 6) is 0.121. The minimum atomic E-state index is 0.121. The standard InChI is InChI=1S/C7H8N2.C2H4O2/c8-7(9)6-4-2-1-3-5-6;1-4-2-3/h1-5H,(H3,8,9);2H,1H3. The lowest BCUT2D eigenvalue weighted by atomic mass is 10.2. The fourth-order valence-corrected chi connectivity index (χ4v) is 0.618. The second kappa shape index (κ2) is 6.84. The smallest absolute Gasteiger partial charge is 0.292 e. The number of benzene rings is 1. The molecule has 3 N–H and O–H groups in total. The Labute approximate surface area is 76.8 Å². The molecule has 1 rings (SSSR count). The highest BCUT2D eigenvalue weighted by molar-refractivity contribution is 5.94. The highest BCUT2D eigenvalue weighted by Gasteiger charge is 1.89. The Bertz CT molecular complexity index is 260. The number of nitrogens with two attached hydrogens (primary N) is 1. The van der Waals surface area contributed by atoms with Gasteiger partial charge in [0, 0.05) is 5.56 Å². The van der Waals surface area contributed by atoms with Crippen LogP contribution in [0.3, 0.4) is 0 Å². The van der Waals surface area contributed by atoms with E-state index in [9.17, 15) is 0 Å². The molecule has 1 aromatic carbocycles. The van der Waals surface area contributed by atoms with Crippen LogP contribution in [0.1, 0.15) is 5.56 Å². The second-order valence-electron chi connectivity index (χ2n) is 2.11. The number of amidine groups is 1. The molecule has 0 radical (unpaired) electrons. The molecule has 70 valence electrons.